The summed E-state index contributed by atoms with van der Waals surface area (Å²) in [6, 6.07) is 15.7. The molecule has 2 aromatic carbocycles. The van der Waals surface area contributed by atoms with E-state index in [0.717, 1.165) is 5.56 Å². The van der Waals surface area contributed by atoms with Crippen LogP contribution >= 0.6 is 11.8 Å². The lowest BCUT2D eigenvalue weighted by Crippen LogP contribution is -2.19. The molecule has 0 saturated carbocycles. The number of nitrogens with two attached hydrogens (primary N) is 1. The van der Waals surface area contributed by atoms with Gasteiger partial charge in [-0.25, -0.2) is 14.3 Å². The van der Waals surface area contributed by atoms with Gasteiger partial charge in [-0.15, -0.1) is 5.10 Å². The Bertz CT molecular complexity index is 1210. The number of aryl methyl sites for hydroxylation is 1. The van der Waals surface area contributed by atoms with Crippen LogP contribution in [0.15, 0.2) is 64.5 Å². The Morgan fingerprint density at radius 2 is 1.84 bits per heavy atom. The Kier molecular flexibility index (Phi) is 6.22. The van der Waals surface area contributed by atoms with Crippen molar-refractivity contribution in [3.8, 4) is 0 Å². The Labute approximate surface area is 181 Å². The zero-order valence-corrected chi connectivity index (χ0v) is 17.1. The first-order chi connectivity index (χ1) is 15.1. The number of anilines is 3. The van der Waals surface area contributed by atoms with Gasteiger partial charge in [-0.1, -0.05) is 42.1 Å². The van der Waals surface area contributed by atoms with Gasteiger partial charge in [-0.3, -0.25) is 4.57 Å². The molecule has 4 aromatic rings. The van der Waals surface area contributed by atoms with Crippen molar-refractivity contribution < 1.29 is 4.39 Å². The predicted octanol–water partition coefficient (Wildman–Crippen LogP) is 2.76. The fourth-order valence-corrected chi connectivity index (χ4v) is 3.67. The number of aromatic amines is 1. The van der Waals surface area contributed by atoms with Gasteiger partial charge < -0.3 is 11.1 Å². The Morgan fingerprint density at radius 1 is 1.06 bits per heavy atom. The standard InChI is InChI=1S/C20H19FN8OS/c21-14-6-8-15(9-7-14)23-18-25-16(24-17(22)26-18)12-31-20-28-27-19(30)29(20)11-10-13-4-2-1-3-5-13/h1-9H,10-12H2,(H,27,30)(H3,22,23,24,25,26). The van der Waals surface area contributed by atoms with Gasteiger partial charge in [-0.05, 0) is 36.2 Å². The smallest absolute Gasteiger partial charge is 0.343 e. The molecule has 0 aliphatic heterocycles. The molecule has 0 aliphatic carbocycles. The summed E-state index contributed by atoms with van der Waals surface area (Å²) in [6.07, 6.45) is 0.707. The average Bonchev–Trinajstić information content (AvgIpc) is 3.12. The van der Waals surface area contributed by atoms with E-state index in [1.54, 1.807) is 16.7 Å². The maximum Gasteiger partial charge on any atom is 0.343 e. The first kappa shape index (κ1) is 20.5. The number of nitrogens with one attached hydrogen (secondary N) is 2. The number of halogens is 1. The van der Waals surface area contributed by atoms with E-state index < -0.39 is 0 Å². The molecule has 9 nitrogen and oxygen atoms in total. The molecule has 31 heavy (non-hydrogen) atoms. The Morgan fingerprint density at radius 3 is 2.61 bits per heavy atom. The second-order valence-corrected chi connectivity index (χ2v) is 7.50. The molecular weight excluding hydrogens is 419 g/mol. The van der Waals surface area contributed by atoms with E-state index in [2.05, 4.69) is 30.5 Å². The molecule has 11 heteroatoms. The predicted molar refractivity (Wildman–Crippen MR) is 116 cm³/mol. The third kappa shape index (κ3) is 5.45. The van der Waals surface area contributed by atoms with Crippen LogP contribution in [0.3, 0.4) is 0 Å². The van der Waals surface area contributed by atoms with Crippen LogP contribution in [0.4, 0.5) is 22.0 Å². The first-order valence-electron chi connectivity index (χ1n) is 9.42. The zero-order chi connectivity index (χ0) is 21.6. The minimum absolute atomic E-state index is 0.0544. The molecule has 0 unspecified atom stereocenters. The van der Waals surface area contributed by atoms with Crippen molar-refractivity contribution in [3.05, 3.63) is 82.3 Å². The van der Waals surface area contributed by atoms with Gasteiger partial charge in [0.25, 0.3) is 0 Å². The van der Waals surface area contributed by atoms with Crippen molar-refractivity contribution in [1.29, 1.82) is 0 Å². The Hall–Kier alpha value is -3.73. The number of nitrogen functional groups attached to an aromatic ring is 1. The van der Waals surface area contributed by atoms with Gasteiger partial charge in [0.05, 0.1) is 5.75 Å². The van der Waals surface area contributed by atoms with Crippen LogP contribution in [0.2, 0.25) is 0 Å². The summed E-state index contributed by atoms with van der Waals surface area (Å²) in [5.74, 6) is 0.722. The number of hydrogen-bond donors (Lipinski definition) is 3. The third-order valence-electron chi connectivity index (χ3n) is 4.32. The number of H-pyrrole nitrogens is 1. The molecule has 0 saturated heterocycles. The van der Waals surface area contributed by atoms with E-state index in [4.69, 9.17) is 5.73 Å². The quantitative estimate of drug-likeness (QED) is 0.358. The van der Waals surface area contributed by atoms with Crippen LogP contribution < -0.4 is 16.7 Å². The van der Waals surface area contributed by atoms with E-state index >= 15 is 0 Å². The number of hydrogen-bond acceptors (Lipinski definition) is 8. The maximum atomic E-state index is 13.1. The van der Waals surface area contributed by atoms with Gasteiger partial charge in [0.2, 0.25) is 11.9 Å². The molecule has 0 amide bonds. The van der Waals surface area contributed by atoms with E-state index in [0.29, 0.717) is 35.4 Å². The number of rotatable bonds is 8. The van der Waals surface area contributed by atoms with Gasteiger partial charge in [0, 0.05) is 12.2 Å². The molecule has 2 heterocycles. The normalized spacial score (nSPS) is 10.9. The topological polar surface area (TPSA) is 127 Å². The van der Waals surface area contributed by atoms with Crippen LogP contribution in [0.5, 0.6) is 0 Å². The number of thioether (sulfide) groups is 1. The van der Waals surface area contributed by atoms with Crippen molar-refractivity contribution in [1.82, 2.24) is 29.7 Å². The summed E-state index contributed by atoms with van der Waals surface area (Å²) in [6.45, 7) is 0.498. The van der Waals surface area contributed by atoms with Gasteiger partial charge in [0.1, 0.15) is 11.6 Å². The highest BCUT2D eigenvalue weighted by Crippen LogP contribution is 2.20. The average molecular weight is 438 g/mol. The van der Waals surface area contributed by atoms with Crippen molar-refractivity contribution >= 4 is 29.3 Å². The largest absolute Gasteiger partial charge is 0.368 e. The van der Waals surface area contributed by atoms with E-state index in [1.165, 1.54) is 23.9 Å². The van der Waals surface area contributed by atoms with Crippen molar-refractivity contribution in [2.24, 2.45) is 0 Å². The number of nitrogens with zero attached hydrogens (tertiary/aromatic N) is 5. The number of aromatic nitrogens is 6. The van der Waals surface area contributed by atoms with Crippen LogP contribution in [-0.2, 0) is 18.7 Å². The van der Waals surface area contributed by atoms with E-state index in [9.17, 15) is 9.18 Å². The lowest BCUT2D eigenvalue weighted by atomic mass is 10.1. The van der Waals surface area contributed by atoms with Gasteiger partial charge in [0.15, 0.2) is 5.16 Å². The van der Waals surface area contributed by atoms with E-state index in [-0.39, 0.29) is 23.4 Å². The second kappa shape index (κ2) is 9.39. The molecule has 4 rings (SSSR count). The van der Waals surface area contributed by atoms with E-state index in [1.807, 2.05) is 30.3 Å². The summed E-state index contributed by atoms with van der Waals surface area (Å²) in [4.78, 5) is 24.7. The van der Waals surface area contributed by atoms with Crippen LogP contribution in [-0.4, -0.2) is 29.7 Å². The first-order valence-corrected chi connectivity index (χ1v) is 10.4. The zero-order valence-electron chi connectivity index (χ0n) is 16.3. The highest BCUT2D eigenvalue weighted by molar-refractivity contribution is 7.98. The van der Waals surface area contributed by atoms with Gasteiger partial charge >= 0.3 is 5.69 Å². The molecule has 0 atom stereocenters. The SMILES string of the molecule is Nc1nc(CSc2n[nH]c(=O)n2CCc2ccccc2)nc(Nc2ccc(F)cc2)n1. The van der Waals surface area contributed by atoms with Crippen molar-refractivity contribution in [2.75, 3.05) is 11.1 Å². The summed E-state index contributed by atoms with van der Waals surface area (Å²) in [5, 5.41) is 10.1. The lowest BCUT2D eigenvalue weighted by molar-refractivity contribution is 0.615. The van der Waals surface area contributed by atoms with Crippen molar-refractivity contribution in [3.63, 3.8) is 0 Å². The fourth-order valence-electron chi connectivity index (χ4n) is 2.85. The molecular formula is C20H19FN8OS. The third-order valence-corrected chi connectivity index (χ3v) is 5.29. The number of benzene rings is 2. The fraction of sp³-hybridized carbons (Fsp3) is 0.150. The summed E-state index contributed by atoms with van der Waals surface area (Å²) in [7, 11) is 0. The Balaban J connectivity index is 1.44. The monoisotopic (exact) mass is 438 g/mol. The molecule has 0 spiro atoms. The second-order valence-electron chi connectivity index (χ2n) is 6.55. The molecule has 0 radical (unpaired) electrons. The maximum absolute atomic E-state index is 13.1. The summed E-state index contributed by atoms with van der Waals surface area (Å²) < 4.78 is 14.7. The van der Waals surface area contributed by atoms with Crippen LogP contribution in [0, 0.1) is 5.82 Å². The molecule has 0 aliphatic rings. The van der Waals surface area contributed by atoms with Crippen LogP contribution in [0.1, 0.15) is 11.4 Å². The highest BCUT2D eigenvalue weighted by Gasteiger charge is 2.12. The van der Waals surface area contributed by atoms with Crippen molar-refractivity contribution in [2.45, 2.75) is 23.9 Å². The minimum atomic E-state index is -0.338. The highest BCUT2D eigenvalue weighted by atomic mass is 32.2. The summed E-state index contributed by atoms with van der Waals surface area (Å²) >= 11 is 1.32. The molecule has 158 valence electrons. The molecule has 2 aromatic heterocycles. The molecule has 0 bridgehead atoms. The molecule has 4 N–H and O–H groups in total. The lowest BCUT2D eigenvalue weighted by Gasteiger charge is -2.08. The van der Waals surface area contributed by atoms with Gasteiger partial charge in [-0.2, -0.15) is 15.0 Å². The minimum Gasteiger partial charge on any atom is -0.368 e. The summed E-state index contributed by atoms with van der Waals surface area (Å²) in [5.41, 5.74) is 7.28. The molecule has 0 fully saturated rings. The van der Waals surface area contributed by atoms with Crippen LogP contribution in [0.25, 0.3) is 0 Å².